The van der Waals surface area contributed by atoms with Crippen molar-refractivity contribution < 1.29 is 23.2 Å². The number of alkyl halides is 2. The molecule has 0 saturated heterocycles. The Morgan fingerprint density at radius 3 is 2.38 bits per heavy atom. The topological polar surface area (TPSA) is 72.7 Å². The molecule has 0 spiro atoms. The van der Waals surface area contributed by atoms with Crippen molar-refractivity contribution in [2.24, 2.45) is 4.40 Å². The van der Waals surface area contributed by atoms with Crippen LogP contribution in [-0.2, 0) is 22.1 Å². The Balaban J connectivity index is 3.17. The molecule has 0 unspecified atom stereocenters. The van der Waals surface area contributed by atoms with Crippen LogP contribution in [0, 0.1) is 0 Å². The zero-order chi connectivity index (χ0) is 16.4. The van der Waals surface area contributed by atoms with Gasteiger partial charge in [-0.25, -0.2) is 4.79 Å². The van der Waals surface area contributed by atoms with Crippen LogP contribution in [0.2, 0.25) is 0 Å². The van der Waals surface area contributed by atoms with Crippen LogP contribution in [-0.4, -0.2) is 26.1 Å². The Hall–Kier alpha value is -1.47. The number of hydrogen-bond donors (Lipinski definition) is 1. The molecule has 1 atom stereocenters. The third-order valence-electron chi connectivity index (χ3n) is 2.66. The van der Waals surface area contributed by atoms with E-state index in [9.17, 15) is 18.1 Å². The molecule has 1 N–H and O–H groups in total. The van der Waals surface area contributed by atoms with Crippen LogP contribution in [0.4, 0.5) is 8.78 Å². The smallest absolute Gasteiger partial charge is 0.379 e. The van der Waals surface area contributed by atoms with Gasteiger partial charge in [0.15, 0.2) is 0 Å². The standard InChI is InChI=1S/C14H17F2NO3S/c1-9(17-21(20)13(2,3)4)10-6-5-7-11(8-10)14(15,16)12(18)19/h5-8H,1-4H3,(H,18,19)/b17-9+/t21-/m1/s1. The largest absolute Gasteiger partial charge is 0.591 e. The first-order valence-corrected chi connectivity index (χ1v) is 7.26. The lowest BCUT2D eigenvalue weighted by atomic mass is 10.0. The van der Waals surface area contributed by atoms with Gasteiger partial charge in [-0.2, -0.15) is 8.78 Å². The summed E-state index contributed by atoms with van der Waals surface area (Å²) in [5, 5.41) is 8.55. The van der Waals surface area contributed by atoms with Crippen LogP contribution >= 0.6 is 0 Å². The highest BCUT2D eigenvalue weighted by Gasteiger charge is 2.41. The molecule has 0 saturated carbocycles. The quantitative estimate of drug-likeness (QED) is 0.685. The van der Waals surface area contributed by atoms with Crippen molar-refractivity contribution in [3.8, 4) is 0 Å². The number of hydrogen-bond acceptors (Lipinski definition) is 3. The summed E-state index contributed by atoms with van der Waals surface area (Å²) in [4.78, 5) is 10.6. The summed E-state index contributed by atoms with van der Waals surface area (Å²) in [6.07, 6.45) is 0. The fourth-order valence-electron chi connectivity index (χ4n) is 1.38. The van der Waals surface area contributed by atoms with E-state index in [1.54, 1.807) is 27.7 Å². The highest BCUT2D eigenvalue weighted by atomic mass is 32.2. The molecule has 1 aromatic carbocycles. The zero-order valence-electron chi connectivity index (χ0n) is 12.2. The predicted molar refractivity (Wildman–Crippen MR) is 78.1 cm³/mol. The van der Waals surface area contributed by atoms with Gasteiger partial charge in [0.2, 0.25) is 0 Å². The molecule has 1 aromatic rings. The Kier molecular flexibility index (Phi) is 5.11. The van der Waals surface area contributed by atoms with Crippen molar-refractivity contribution >= 4 is 23.0 Å². The first kappa shape index (κ1) is 17.6. The van der Waals surface area contributed by atoms with Crippen molar-refractivity contribution in [2.75, 3.05) is 0 Å². The molecule has 0 aliphatic heterocycles. The zero-order valence-corrected chi connectivity index (χ0v) is 13.0. The number of carboxylic acids is 1. The van der Waals surface area contributed by atoms with Gasteiger partial charge in [0, 0.05) is 11.1 Å². The van der Waals surface area contributed by atoms with E-state index in [0.717, 1.165) is 12.1 Å². The molecular weight excluding hydrogens is 300 g/mol. The van der Waals surface area contributed by atoms with Crippen LogP contribution in [0.5, 0.6) is 0 Å². The lowest BCUT2D eigenvalue weighted by Crippen LogP contribution is -2.27. The molecule has 0 aromatic heterocycles. The van der Waals surface area contributed by atoms with Crippen LogP contribution in [0.15, 0.2) is 28.7 Å². The molecule has 0 heterocycles. The number of rotatable bonds is 4. The Morgan fingerprint density at radius 1 is 1.33 bits per heavy atom. The molecular formula is C14H17F2NO3S. The third-order valence-corrected chi connectivity index (χ3v) is 4.14. The summed E-state index contributed by atoms with van der Waals surface area (Å²) in [6, 6.07) is 4.92. The second-order valence-corrected chi connectivity index (χ2v) is 7.40. The fraction of sp³-hybridized carbons (Fsp3) is 0.429. The van der Waals surface area contributed by atoms with Crippen LogP contribution in [0.25, 0.3) is 0 Å². The van der Waals surface area contributed by atoms with E-state index >= 15 is 0 Å². The van der Waals surface area contributed by atoms with Crippen LogP contribution in [0.3, 0.4) is 0 Å². The average Bonchev–Trinajstić information content (AvgIpc) is 2.37. The molecule has 0 bridgehead atoms. The number of aliphatic carboxylic acids is 1. The Bertz CT molecular complexity index is 568. The lowest BCUT2D eigenvalue weighted by Gasteiger charge is -2.19. The number of halogens is 2. The minimum absolute atomic E-state index is 0.311. The number of carboxylic acid groups (broad SMARTS) is 1. The summed E-state index contributed by atoms with van der Waals surface area (Å²) < 4.78 is 42.3. The first-order valence-electron chi connectivity index (χ1n) is 6.15. The van der Waals surface area contributed by atoms with E-state index in [2.05, 4.69) is 4.40 Å². The van der Waals surface area contributed by atoms with E-state index in [1.807, 2.05) is 0 Å². The predicted octanol–water partition coefficient (Wildman–Crippen LogP) is 3.13. The Morgan fingerprint density at radius 2 is 1.90 bits per heavy atom. The van der Waals surface area contributed by atoms with Gasteiger partial charge in [-0.1, -0.05) is 22.6 Å². The summed E-state index contributed by atoms with van der Waals surface area (Å²) in [5.41, 5.74) is -0.0130. The maximum Gasteiger partial charge on any atom is 0.379 e. The molecule has 0 radical (unpaired) electrons. The van der Waals surface area contributed by atoms with Crippen LogP contribution < -0.4 is 0 Å². The van der Waals surface area contributed by atoms with Crippen molar-refractivity contribution in [2.45, 2.75) is 38.4 Å². The maximum absolute atomic E-state index is 13.5. The number of nitrogens with zero attached hydrogens (tertiary/aromatic N) is 1. The summed E-state index contributed by atoms with van der Waals surface area (Å²) in [5.74, 6) is -6.19. The van der Waals surface area contributed by atoms with E-state index in [4.69, 9.17) is 5.11 Å². The second kappa shape index (κ2) is 6.11. The highest BCUT2D eigenvalue weighted by molar-refractivity contribution is 7.91. The molecule has 7 heteroatoms. The normalized spacial score (nSPS) is 14.9. The summed E-state index contributed by atoms with van der Waals surface area (Å²) in [7, 11) is 0. The minimum atomic E-state index is -3.97. The minimum Gasteiger partial charge on any atom is -0.591 e. The van der Waals surface area contributed by atoms with E-state index < -0.39 is 33.6 Å². The molecule has 116 valence electrons. The van der Waals surface area contributed by atoms with Gasteiger partial charge < -0.3 is 9.66 Å². The molecule has 0 fully saturated rings. The molecule has 4 nitrogen and oxygen atoms in total. The molecule has 0 aliphatic rings. The van der Waals surface area contributed by atoms with Crippen molar-refractivity contribution in [3.05, 3.63) is 35.4 Å². The lowest BCUT2D eigenvalue weighted by molar-refractivity contribution is -0.166. The molecule has 0 aliphatic carbocycles. The van der Waals surface area contributed by atoms with Crippen molar-refractivity contribution in [3.63, 3.8) is 0 Å². The molecule has 1 rings (SSSR count). The van der Waals surface area contributed by atoms with Crippen molar-refractivity contribution in [1.82, 2.24) is 0 Å². The van der Waals surface area contributed by atoms with E-state index in [-0.39, 0.29) is 0 Å². The van der Waals surface area contributed by atoms with Crippen molar-refractivity contribution in [1.29, 1.82) is 0 Å². The van der Waals surface area contributed by atoms with E-state index in [1.165, 1.54) is 12.1 Å². The van der Waals surface area contributed by atoms with Gasteiger partial charge in [-0.3, -0.25) is 0 Å². The van der Waals surface area contributed by atoms with Gasteiger partial charge in [0.1, 0.15) is 16.1 Å². The second-order valence-electron chi connectivity index (χ2n) is 5.50. The van der Waals surface area contributed by atoms with Gasteiger partial charge in [-0.05, 0) is 33.8 Å². The third kappa shape index (κ3) is 4.25. The van der Waals surface area contributed by atoms with Gasteiger partial charge in [0.05, 0.1) is 5.71 Å². The van der Waals surface area contributed by atoms with Gasteiger partial charge >= 0.3 is 11.9 Å². The first-order chi connectivity index (χ1) is 9.46. The SMILES string of the molecule is C/C(=N\[S@+]([O-])C(C)(C)C)c1cccc(C(F)(F)C(=O)O)c1. The monoisotopic (exact) mass is 317 g/mol. The summed E-state index contributed by atoms with van der Waals surface area (Å²) in [6.45, 7) is 6.78. The van der Waals surface area contributed by atoms with Gasteiger partial charge in [0.25, 0.3) is 0 Å². The molecule has 21 heavy (non-hydrogen) atoms. The fourth-order valence-corrected chi connectivity index (χ4v) is 2.01. The molecule has 0 amide bonds. The average molecular weight is 317 g/mol. The van der Waals surface area contributed by atoms with Gasteiger partial charge in [-0.15, -0.1) is 0 Å². The number of benzene rings is 1. The highest BCUT2D eigenvalue weighted by Crippen LogP contribution is 2.29. The maximum atomic E-state index is 13.5. The summed E-state index contributed by atoms with van der Waals surface area (Å²) >= 11 is -1.52. The van der Waals surface area contributed by atoms with Crippen LogP contribution in [0.1, 0.15) is 38.8 Å². The Labute approximate surface area is 125 Å². The van der Waals surface area contributed by atoms with E-state index in [0.29, 0.717) is 11.3 Å². The number of carbonyl (C=O) groups is 1.